The number of hydrogen-bond donors (Lipinski definition) is 2. The van der Waals surface area contributed by atoms with E-state index in [1.165, 1.54) is 30.4 Å². The molecule has 6 nitrogen and oxygen atoms in total. The van der Waals surface area contributed by atoms with Gasteiger partial charge in [-0.25, -0.2) is 4.79 Å². The van der Waals surface area contributed by atoms with Crippen molar-refractivity contribution < 1.29 is 4.79 Å². The number of rotatable bonds is 5. The van der Waals surface area contributed by atoms with Crippen molar-refractivity contribution in [3.63, 3.8) is 0 Å². The highest BCUT2D eigenvalue weighted by atomic mass is 16.2. The van der Waals surface area contributed by atoms with Gasteiger partial charge < -0.3 is 10.2 Å². The first-order valence-corrected chi connectivity index (χ1v) is 10.5. The monoisotopic (exact) mass is 381 g/mol. The minimum absolute atomic E-state index is 0.0525. The Labute approximate surface area is 167 Å². The second-order valence-corrected chi connectivity index (χ2v) is 8.07. The number of hydrogen-bond acceptors (Lipinski definition) is 3. The van der Waals surface area contributed by atoms with Crippen LogP contribution in [0.4, 0.5) is 4.79 Å². The Morgan fingerprint density at radius 1 is 1.25 bits per heavy atom. The molecule has 1 atom stereocenters. The summed E-state index contributed by atoms with van der Waals surface area (Å²) in [5.74, 6) is 0. The normalized spacial score (nSPS) is 20.0. The fraction of sp³-hybridized carbons (Fsp3) is 0.545. The van der Waals surface area contributed by atoms with E-state index in [-0.39, 0.29) is 6.03 Å². The molecule has 1 fully saturated rings. The zero-order chi connectivity index (χ0) is 19.3. The van der Waals surface area contributed by atoms with Crippen LogP contribution in [-0.2, 0) is 19.5 Å². The number of amides is 2. The van der Waals surface area contributed by atoms with E-state index in [0.717, 1.165) is 50.4 Å². The van der Waals surface area contributed by atoms with Gasteiger partial charge in [0.1, 0.15) is 0 Å². The van der Waals surface area contributed by atoms with Gasteiger partial charge in [-0.1, -0.05) is 36.8 Å². The average Bonchev–Trinajstić information content (AvgIpc) is 3.10. The smallest absolute Gasteiger partial charge is 0.317 e. The van der Waals surface area contributed by atoms with Crippen LogP contribution in [0, 0.1) is 6.92 Å². The summed E-state index contributed by atoms with van der Waals surface area (Å²) in [4.78, 5) is 17.1. The van der Waals surface area contributed by atoms with Crippen LogP contribution >= 0.6 is 0 Å². The van der Waals surface area contributed by atoms with Crippen LogP contribution in [0.15, 0.2) is 30.3 Å². The minimum atomic E-state index is 0.0525. The number of fused-ring (bicyclic) bond motifs is 1. The van der Waals surface area contributed by atoms with Crippen LogP contribution in [0.1, 0.15) is 48.2 Å². The maximum atomic E-state index is 12.6. The van der Waals surface area contributed by atoms with Crippen molar-refractivity contribution >= 4 is 6.03 Å². The van der Waals surface area contributed by atoms with Gasteiger partial charge in [0.2, 0.25) is 0 Å². The molecule has 2 aliphatic rings. The lowest BCUT2D eigenvalue weighted by molar-refractivity contribution is 0.131. The Morgan fingerprint density at radius 3 is 2.96 bits per heavy atom. The molecule has 2 amide bonds. The molecule has 0 spiro atoms. The summed E-state index contributed by atoms with van der Waals surface area (Å²) in [7, 11) is 0. The zero-order valence-corrected chi connectivity index (χ0v) is 16.8. The highest BCUT2D eigenvalue weighted by Crippen LogP contribution is 2.22. The molecule has 4 rings (SSSR count). The highest BCUT2D eigenvalue weighted by Gasteiger charge is 2.25. The van der Waals surface area contributed by atoms with Gasteiger partial charge in [-0.05, 0) is 38.3 Å². The molecule has 2 N–H and O–H groups in total. The van der Waals surface area contributed by atoms with E-state index in [0.29, 0.717) is 12.6 Å². The summed E-state index contributed by atoms with van der Waals surface area (Å²) in [5, 5.41) is 10.5. The largest absolute Gasteiger partial charge is 0.338 e. The van der Waals surface area contributed by atoms with E-state index >= 15 is 0 Å². The molecule has 1 aromatic heterocycles. The number of aromatic amines is 1. The third kappa shape index (κ3) is 4.38. The molecule has 1 aromatic carbocycles. The quantitative estimate of drug-likeness (QED) is 0.836. The Bertz CT molecular complexity index is 787. The predicted octanol–water partition coefficient (Wildman–Crippen LogP) is 3.23. The fourth-order valence-electron chi connectivity index (χ4n) is 4.47. The van der Waals surface area contributed by atoms with E-state index in [2.05, 4.69) is 50.7 Å². The van der Waals surface area contributed by atoms with Gasteiger partial charge in [0, 0.05) is 43.4 Å². The number of urea groups is 1. The van der Waals surface area contributed by atoms with Crippen LogP contribution in [0.2, 0.25) is 0 Å². The van der Waals surface area contributed by atoms with Crippen molar-refractivity contribution in [1.29, 1.82) is 0 Å². The maximum absolute atomic E-state index is 12.6. The van der Waals surface area contributed by atoms with Crippen molar-refractivity contribution in [2.24, 2.45) is 0 Å². The molecule has 1 saturated heterocycles. The first-order valence-electron chi connectivity index (χ1n) is 10.5. The predicted molar refractivity (Wildman–Crippen MR) is 110 cm³/mol. The molecule has 0 radical (unpaired) electrons. The van der Waals surface area contributed by atoms with Gasteiger partial charge in [0.15, 0.2) is 0 Å². The number of carbonyl (C=O) groups is 1. The molecule has 0 aliphatic carbocycles. The lowest BCUT2D eigenvalue weighted by Crippen LogP contribution is -2.45. The zero-order valence-electron chi connectivity index (χ0n) is 16.8. The molecular weight excluding hydrogens is 350 g/mol. The van der Waals surface area contributed by atoms with Crippen molar-refractivity contribution in [3.05, 3.63) is 52.8 Å². The highest BCUT2D eigenvalue weighted by molar-refractivity contribution is 5.74. The van der Waals surface area contributed by atoms with Crippen LogP contribution in [-0.4, -0.2) is 51.7 Å². The summed E-state index contributed by atoms with van der Waals surface area (Å²) >= 11 is 0. The summed E-state index contributed by atoms with van der Waals surface area (Å²) in [6.07, 6.45) is 5.64. The van der Waals surface area contributed by atoms with Crippen molar-refractivity contribution in [2.45, 2.75) is 58.2 Å². The molecule has 28 heavy (non-hydrogen) atoms. The molecular formula is C22H31N5O. The second-order valence-electron chi connectivity index (χ2n) is 8.07. The van der Waals surface area contributed by atoms with E-state index < -0.39 is 0 Å². The summed E-state index contributed by atoms with van der Waals surface area (Å²) in [6, 6.07) is 11.3. The van der Waals surface area contributed by atoms with E-state index in [1.54, 1.807) is 0 Å². The number of H-pyrrole nitrogens is 1. The van der Waals surface area contributed by atoms with Crippen LogP contribution in [0.3, 0.4) is 0 Å². The molecule has 2 aromatic rings. The number of nitrogens with zero attached hydrogens (tertiary/aromatic N) is 3. The SMILES string of the molecule is Cc1[nH]nc2c1CN(C(=O)NCCC1CCCCN1Cc1ccccc1)CC2. The first-order chi connectivity index (χ1) is 13.7. The number of carbonyl (C=O) groups excluding carboxylic acids is 1. The van der Waals surface area contributed by atoms with Gasteiger partial charge in [-0.3, -0.25) is 10.00 Å². The third-order valence-corrected chi connectivity index (χ3v) is 6.15. The summed E-state index contributed by atoms with van der Waals surface area (Å²) < 4.78 is 0. The van der Waals surface area contributed by atoms with Gasteiger partial charge in [-0.2, -0.15) is 5.10 Å². The van der Waals surface area contributed by atoms with Gasteiger partial charge in [-0.15, -0.1) is 0 Å². The number of aromatic nitrogens is 2. The fourth-order valence-corrected chi connectivity index (χ4v) is 4.47. The van der Waals surface area contributed by atoms with Crippen molar-refractivity contribution in [2.75, 3.05) is 19.6 Å². The molecule has 2 aliphatic heterocycles. The number of benzene rings is 1. The van der Waals surface area contributed by atoms with Gasteiger partial charge >= 0.3 is 6.03 Å². The molecule has 0 saturated carbocycles. The van der Waals surface area contributed by atoms with Crippen LogP contribution in [0.5, 0.6) is 0 Å². The lowest BCUT2D eigenvalue weighted by Gasteiger charge is -2.36. The maximum Gasteiger partial charge on any atom is 0.317 e. The lowest BCUT2D eigenvalue weighted by atomic mass is 9.98. The van der Waals surface area contributed by atoms with Gasteiger partial charge in [0.05, 0.1) is 12.2 Å². The Kier molecular flexibility index (Phi) is 5.95. The number of aryl methyl sites for hydroxylation is 1. The second kappa shape index (κ2) is 8.78. The molecule has 1 unspecified atom stereocenters. The number of piperidine rings is 1. The van der Waals surface area contributed by atoms with Crippen LogP contribution < -0.4 is 5.32 Å². The topological polar surface area (TPSA) is 64.3 Å². The Morgan fingerprint density at radius 2 is 2.11 bits per heavy atom. The number of likely N-dealkylation sites (tertiary alicyclic amines) is 1. The van der Waals surface area contributed by atoms with Crippen LogP contribution in [0.25, 0.3) is 0 Å². The standard InChI is InChI=1S/C22H31N5O/c1-17-20-16-27(14-11-21(20)25-24-17)22(28)23-12-10-19-9-5-6-13-26(19)15-18-7-3-2-4-8-18/h2-4,7-8,19H,5-6,9-16H2,1H3,(H,23,28)(H,24,25). The van der Waals surface area contributed by atoms with Crippen molar-refractivity contribution in [1.82, 2.24) is 25.3 Å². The molecule has 3 heterocycles. The molecule has 150 valence electrons. The average molecular weight is 382 g/mol. The third-order valence-electron chi connectivity index (χ3n) is 6.15. The van der Waals surface area contributed by atoms with E-state index in [1.807, 2.05) is 11.8 Å². The van der Waals surface area contributed by atoms with E-state index in [4.69, 9.17) is 0 Å². The minimum Gasteiger partial charge on any atom is -0.338 e. The Hall–Kier alpha value is -2.34. The van der Waals surface area contributed by atoms with Gasteiger partial charge in [0.25, 0.3) is 0 Å². The molecule has 0 bridgehead atoms. The Balaban J connectivity index is 1.26. The van der Waals surface area contributed by atoms with Crippen molar-refractivity contribution in [3.8, 4) is 0 Å². The first kappa shape index (κ1) is 19.0. The summed E-state index contributed by atoms with van der Waals surface area (Å²) in [5.41, 5.74) is 4.74. The number of nitrogens with one attached hydrogen (secondary N) is 2. The van der Waals surface area contributed by atoms with E-state index in [9.17, 15) is 4.79 Å². The molecule has 6 heteroatoms. The summed E-state index contributed by atoms with van der Waals surface area (Å²) in [6.45, 7) is 6.33.